The fourth-order valence-corrected chi connectivity index (χ4v) is 1.85. The summed E-state index contributed by atoms with van der Waals surface area (Å²) >= 11 is 0. The van der Waals surface area contributed by atoms with Crippen molar-refractivity contribution < 1.29 is 4.74 Å². The van der Waals surface area contributed by atoms with Crippen LogP contribution in [-0.4, -0.2) is 15.2 Å². The first-order valence-corrected chi connectivity index (χ1v) is 5.91. The van der Waals surface area contributed by atoms with E-state index in [0.717, 1.165) is 16.5 Å². The zero-order valence-electron chi connectivity index (χ0n) is 10.2. The Kier molecular flexibility index (Phi) is 3.04. The van der Waals surface area contributed by atoms with Crippen molar-refractivity contribution >= 4 is 10.9 Å². The quantitative estimate of drug-likeness (QED) is 0.774. The average molecular weight is 252 g/mol. The monoisotopic (exact) mass is 252 g/mol. The second-order valence-corrected chi connectivity index (χ2v) is 4.00. The van der Waals surface area contributed by atoms with Crippen molar-refractivity contribution in [3.05, 3.63) is 54.4 Å². The summed E-state index contributed by atoms with van der Waals surface area (Å²) in [5.41, 5.74) is 7.25. The number of nitrogens with two attached hydrogens (primary N) is 1. The smallest absolute Gasteiger partial charge is 0.243 e. The lowest BCUT2D eigenvalue weighted by Crippen LogP contribution is -2.02. The van der Waals surface area contributed by atoms with Crippen LogP contribution >= 0.6 is 0 Å². The third kappa shape index (κ3) is 2.23. The Bertz CT molecular complexity index is 709. The van der Waals surface area contributed by atoms with Crippen LogP contribution in [0.4, 0.5) is 0 Å². The number of fused-ring (bicyclic) bond motifs is 1. The molecule has 0 fully saturated rings. The highest BCUT2D eigenvalue weighted by Gasteiger charge is 2.08. The summed E-state index contributed by atoms with van der Waals surface area (Å²) in [5, 5.41) is 8.80. The van der Waals surface area contributed by atoms with Crippen molar-refractivity contribution in [3.8, 4) is 11.6 Å². The summed E-state index contributed by atoms with van der Waals surface area (Å²) < 4.78 is 5.80. The highest BCUT2D eigenvalue weighted by Crippen LogP contribution is 2.28. The van der Waals surface area contributed by atoms with E-state index in [2.05, 4.69) is 15.2 Å². The summed E-state index contributed by atoms with van der Waals surface area (Å²) in [6.45, 7) is 0.350. The van der Waals surface area contributed by atoms with Crippen LogP contribution in [0.5, 0.6) is 11.6 Å². The van der Waals surface area contributed by atoms with Gasteiger partial charge >= 0.3 is 0 Å². The van der Waals surface area contributed by atoms with Gasteiger partial charge in [0.25, 0.3) is 0 Å². The largest absolute Gasteiger partial charge is 0.435 e. The van der Waals surface area contributed by atoms with Crippen LogP contribution in [0.2, 0.25) is 0 Å². The molecule has 3 rings (SSSR count). The summed E-state index contributed by atoms with van der Waals surface area (Å²) in [7, 11) is 0. The van der Waals surface area contributed by atoms with E-state index in [4.69, 9.17) is 10.5 Å². The molecule has 2 aromatic heterocycles. The van der Waals surface area contributed by atoms with Crippen molar-refractivity contribution in [3.63, 3.8) is 0 Å². The summed E-state index contributed by atoms with van der Waals surface area (Å²) in [6.07, 6.45) is 3.33. The molecule has 0 unspecified atom stereocenters. The first kappa shape index (κ1) is 11.6. The standard InChI is InChI=1S/C14H12N4O/c15-9-11-6-8-17-18-14(11)19-12-5-1-3-10-4-2-7-16-13(10)12/h1-8H,9,15H2. The van der Waals surface area contributed by atoms with Crippen molar-refractivity contribution in [1.82, 2.24) is 15.2 Å². The Morgan fingerprint density at radius 1 is 1.05 bits per heavy atom. The molecule has 0 aliphatic carbocycles. The molecule has 0 amide bonds. The third-order valence-corrected chi connectivity index (χ3v) is 2.79. The maximum absolute atomic E-state index is 5.80. The number of nitrogens with zero attached hydrogens (tertiary/aromatic N) is 3. The number of hydrogen-bond acceptors (Lipinski definition) is 5. The van der Waals surface area contributed by atoms with Crippen LogP contribution in [0.3, 0.4) is 0 Å². The number of aromatic nitrogens is 3. The van der Waals surface area contributed by atoms with Crippen LogP contribution < -0.4 is 10.5 Å². The molecule has 19 heavy (non-hydrogen) atoms. The van der Waals surface area contributed by atoms with E-state index in [-0.39, 0.29) is 0 Å². The molecule has 0 atom stereocenters. The normalized spacial score (nSPS) is 10.6. The first-order valence-electron chi connectivity index (χ1n) is 5.91. The number of hydrogen-bond donors (Lipinski definition) is 1. The number of rotatable bonds is 3. The molecule has 0 saturated heterocycles. The SMILES string of the molecule is NCc1ccnnc1Oc1cccc2cccnc12. The van der Waals surface area contributed by atoms with E-state index < -0.39 is 0 Å². The zero-order chi connectivity index (χ0) is 13.1. The highest BCUT2D eigenvalue weighted by molar-refractivity contribution is 5.84. The van der Waals surface area contributed by atoms with Gasteiger partial charge in [-0.15, -0.1) is 5.10 Å². The predicted octanol–water partition coefficient (Wildman–Crippen LogP) is 2.28. The van der Waals surface area contributed by atoms with E-state index in [1.165, 1.54) is 0 Å². The maximum atomic E-state index is 5.80. The number of para-hydroxylation sites is 1. The van der Waals surface area contributed by atoms with Gasteiger partial charge in [-0.3, -0.25) is 4.98 Å². The van der Waals surface area contributed by atoms with Gasteiger partial charge in [-0.1, -0.05) is 18.2 Å². The van der Waals surface area contributed by atoms with E-state index >= 15 is 0 Å². The van der Waals surface area contributed by atoms with Gasteiger partial charge in [0.2, 0.25) is 5.88 Å². The second kappa shape index (κ2) is 4.99. The Balaban J connectivity index is 2.06. The molecular weight excluding hydrogens is 240 g/mol. The number of pyridine rings is 1. The zero-order valence-corrected chi connectivity index (χ0v) is 10.2. The minimum absolute atomic E-state index is 0.350. The van der Waals surface area contributed by atoms with Crippen LogP contribution in [0.15, 0.2) is 48.8 Å². The molecule has 1 aromatic carbocycles. The van der Waals surface area contributed by atoms with Crippen LogP contribution in [0.25, 0.3) is 10.9 Å². The van der Waals surface area contributed by atoms with Crippen molar-refractivity contribution in [1.29, 1.82) is 0 Å². The average Bonchev–Trinajstić information content (AvgIpc) is 2.48. The molecule has 5 heteroatoms. The lowest BCUT2D eigenvalue weighted by Gasteiger charge is -2.09. The molecule has 0 radical (unpaired) electrons. The van der Waals surface area contributed by atoms with Gasteiger partial charge in [0.05, 0.1) is 6.20 Å². The van der Waals surface area contributed by atoms with Gasteiger partial charge in [-0.2, -0.15) is 5.10 Å². The first-order chi connectivity index (χ1) is 9.38. The predicted molar refractivity (Wildman–Crippen MR) is 71.7 cm³/mol. The molecule has 0 spiro atoms. The molecule has 2 heterocycles. The third-order valence-electron chi connectivity index (χ3n) is 2.79. The van der Waals surface area contributed by atoms with E-state index in [1.807, 2.05) is 30.3 Å². The van der Waals surface area contributed by atoms with Gasteiger partial charge in [0.1, 0.15) is 5.52 Å². The summed E-state index contributed by atoms with van der Waals surface area (Å²) in [5.74, 6) is 1.07. The Labute approximate surface area is 110 Å². The van der Waals surface area contributed by atoms with E-state index in [0.29, 0.717) is 18.2 Å². The van der Waals surface area contributed by atoms with Crippen molar-refractivity contribution in [2.45, 2.75) is 6.54 Å². The minimum atomic E-state index is 0.350. The van der Waals surface area contributed by atoms with Crippen LogP contribution in [-0.2, 0) is 6.54 Å². The Morgan fingerprint density at radius 2 is 1.95 bits per heavy atom. The molecule has 3 aromatic rings. The topological polar surface area (TPSA) is 73.9 Å². The molecule has 0 aliphatic heterocycles. The lowest BCUT2D eigenvalue weighted by atomic mass is 10.2. The highest BCUT2D eigenvalue weighted by atomic mass is 16.5. The molecule has 94 valence electrons. The Hall–Kier alpha value is -2.53. The van der Waals surface area contributed by atoms with Gasteiger partial charge in [0, 0.05) is 23.7 Å². The Morgan fingerprint density at radius 3 is 2.84 bits per heavy atom. The molecule has 2 N–H and O–H groups in total. The summed E-state index contributed by atoms with van der Waals surface area (Å²) in [6, 6.07) is 11.4. The van der Waals surface area contributed by atoms with E-state index in [1.54, 1.807) is 18.5 Å². The lowest BCUT2D eigenvalue weighted by molar-refractivity contribution is 0.452. The maximum Gasteiger partial charge on any atom is 0.243 e. The molecule has 5 nitrogen and oxygen atoms in total. The molecular formula is C14H12N4O. The molecule has 0 saturated carbocycles. The van der Waals surface area contributed by atoms with Crippen LogP contribution in [0, 0.1) is 0 Å². The van der Waals surface area contributed by atoms with E-state index in [9.17, 15) is 0 Å². The van der Waals surface area contributed by atoms with Gasteiger partial charge < -0.3 is 10.5 Å². The van der Waals surface area contributed by atoms with Gasteiger partial charge in [-0.25, -0.2) is 0 Å². The molecule has 0 bridgehead atoms. The van der Waals surface area contributed by atoms with Gasteiger partial charge in [0.15, 0.2) is 5.75 Å². The van der Waals surface area contributed by atoms with Crippen molar-refractivity contribution in [2.75, 3.05) is 0 Å². The molecule has 0 aliphatic rings. The number of benzene rings is 1. The van der Waals surface area contributed by atoms with Crippen molar-refractivity contribution in [2.24, 2.45) is 5.73 Å². The summed E-state index contributed by atoms with van der Waals surface area (Å²) in [4.78, 5) is 4.33. The number of ether oxygens (including phenoxy) is 1. The minimum Gasteiger partial charge on any atom is -0.435 e. The second-order valence-electron chi connectivity index (χ2n) is 4.00. The fourth-order valence-electron chi connectivity index (χ4n) is 1.85. The van der Waals surface area contributed by atoms with Crippen LogP contribution in [0.1, 0.15) is 5.56 Å². The fraction of sp³-hybridized carbons (Fsp3) is 0.0714. The van der Waals surface area contributed by atoms with Gasteiger partial charge in [-0.05, 0) is 18.2 Å².